The second-order valence-corrected chi connectivity index (χ2v) is 5.18. The minimum Gasteiger partial charge on any atom is -0.445 e. The molecule has 1 unspecified atom stereocenters. The van der Waals surface area contributed by atoms with Gasteiger partial charge in [0.05, 0.1) is 18.2 Å². The van der Waals surface area contributed by atoms with Crippen molar-refractivity contribution >= 4 is 6.09 Å². The maximum atomic E-state index is 11.6. The average Bonchev–Trinajstić information content (AvgIpc) is 2.67. The Morgan fingerprint density at radius 1 is 1.44 bits per heavy atom. The van der Waals surface area contributed by atoms with Crippen molar-refractivity contribution < 1.29 is 14.3 Å². The van der Waals surface area contributed by atoms with Gasteiger partial charge in [0.15, 0.2) is 0 Å². The van der Waals surface area contributed by atoms with Gasteiger partial charge in [-0.15, -0.1) is 0 Å². The van der Waals surface area contributed by atoms with E-state index < -0.39 is 0 Å². The summed E-state index contributed by atoms with van der Waals surface area (Å²) < 4.78 is 10.7. The average molecular weight is 249 g/mol. The first-order valence-corrected chi connectivity index (χ1v) is 6.16. The molecule has 1 saturated heterocycles. The molecule has 4 heteroatoms. The summed E-state index contributed by atoms with van der Waals surface area (Å²) in [6.45, 7) is 4.88. The van der Waals surface area contributed by atoms with Crippen molar-refractivity contribution in [2.75, 3.05) is 6.61 Å². The van der Waals surface area contributed by atoms with Gasteiger partial charge in [0.25, 0.3) is 0 Å². The lowest BCUT2D eigenvalue weighted by Gasteiger charge is -2.16. The minimum absolute atomic E-state index is 0.0447. The number of amides is 1. The van der Waals surface area contributed by atoms with Gasteiger partial charge in [-0.25, -0.2) is 4.79 Å². The van der Waals surface area contributed by atoms with Crippen LogP contribution in [-0.4, -0.2) is 24.3 Å². The summed E-state index contributed by atoms with van der Waals surface area (Å²) >= 11 is 0. The van der Waals surface area contributed by atoms with Crippen LogP contribution in [0.2, 0.25) is 0 Å². The van der Waals surface area contributed by atoms with E-state index in [1.807, 2.05) is 44.2 Å². The maximum Gasteiger partial charge on any atom is 0.407 e. The van der Waals surface area contributed by atoms with Crippen LogP contribution in [-0.2, 0) is 16.1 Å². The van der Waals surface area contributed by atoms with E-state index in [2.05, 4.69) is 5.32 Å². The van der Waals surface area contributed by atoms with Crippen LogP contribution in [0.15, 0.2) is 30.3 Å². The number of alkyl carbamates (subject to hydrolysis) is 1. The van der Waals surface area contributed by atoms with E-state index in [0.717, 1.165) is 12.0 Å². The molecule has 1 N–H and O–H groups in total. The van der Waals surface area contributed by atoms with Gasteiger partial charge in [-0.3, -0.25) is 0 Å². The van der Waals surface area contributed by atoms with Gasteiger partial charge in [0.2, 0.25) is 0 Å². The Bertz CT molecular complexity index is 403. The van der Waals surface area contributed by atoms with Crippen LogP contribution in [0.25, 0.3) is 0 Å². The quantitative estimate of drug-likeness (QED) is 0.895. The highest BCUT2D eigenvalue weighted by Crippen LogP contribution is 2.24. The van der Waals surface area contributed by atoms with E-state index in [9.17, 15) is 4.79 Å². The molecular formula is C14H19NO3. The number of hydrogen-bond acceptors (Lipinski definition) is 3. The van der Waals surface area contributed by atoms with Gasteiger partial charge in [-0.1, -0.05) is 30.3 Å². The summed E-state index contributed by atoms with van der Waals surface area (Å²) in [5, 5.41) is 2.82. The van der Waals surface area contributed by atoms with E-state index in [0.29, 0.717) is 13.2 Å². The van der Waals surface area contributed by atoms with Crippen LogP contribution in [0.4, 0.5) is 4.79 Å². The molecule has 0 aliphatic carbocycles. The Labute approximate surface area is 107 Å². The van der Waals surface area contributed by atoms with Crippen LogP contribution in [0.3, 0.4) is 0 Å². The zero-order valence-corrected chi connectivity index (χ0v) is 10.8. The highest BCUT2D eigenvalue weighted by Gasteiger charge is 2.32. The summed E-state index contributed by atoms with van der Waals surface area (Å²) in [5.74, 6) is 0. The number of hydrogen-bond donors (Lipinski definition) is 1. The van der Waals surface area contributed by atoms with Gasteiger partial charge in [-0.2, -0.15) is 0 Å². The van der Waals surface area contributed by atoms with Gasteiger partial charge < -0.3 is 14.8 Å². The van der Waals surface area contributed by atoms with Gasteiger partial charge in [0.1, 0.15) is 6.61 Å². The molecule has 0 spiro atoms. The highest BCUT2D eigenvalue weighted by molar-refractivity contribution is 5.67. The van der Waals surface area contributed by atoms with Gasteiger partial charge >= 0.3 is 6.09 Å². The molecule has 1 aliphatic rings. The van der Waals surface area contributed by atoms with Crippen molar-refractivity contribution in [3.8, 4) is 0 Å². The molecule has 0 aromatic heterocycles. The molecule has 0 radical (unpaired) electrons. The zero-order chi connectivity index (χ0) is 13.0. The third-order valence-electron chi connectivity index (χ3n) is 2.95. The number of benzene rings is 1. The van der Waals surface area contributed by atoms with Crippen molar-refractivity contribution in [3.63, 3.8) is 0 Å². The van der Waals surface area contributed by atoms with Crippen molar-refractivity contribution in [1.29, 1.82) is 0 Å². The van der Waals surface area contributed by atoms with Gasteiger partial charge in [-0.05, 0) is 25.8 Å². The molecule has 1 aliphatic heterocycles. The van der Waals surface area contributed by atoms with Crippen molar-refractivity contribution in [2.24, 2.45) is 0 Å². The van der Waals surface area contributed by atoms with Crippen molar-refractivity contribution in [3.05, 3.63) is 35.9 Å². The highest BCUT2D eigenvalue weighted by atomic mass is 16.5. The number of ether oxygens (including phenoxy) is 2. The summed E-state index contributed by atoms with van der Waals surface area (Å²) in [6, 6.07) is 9.67. The van der Waals surface area contributed by atoms with E-state index in [4.69, 9.17) is 9.47 Å². The first-order chi connectivity index (χ1) is 8.55. The van der Waals surface area contributed by atoms with E-state index in [1.54, 1.807) is 0 Å². The fraction of sp³-hybridized carbons (Fsp3) is 0.500. The predicted octanol–water partition coefficient (Wildman–Crippen LogP) is 2.48. The lowest BCUT2D eigenvalue weighted by atomic mass is 10.0. The summed E-state index contributed by atoms with van der Waals surface area (Å²) in [4.78, 5) is 11.6. The lowest BCUT2D eigenvalue weighted by molar-refractivity contribution is 0.0355. The molecule has 0 bridgehead atoms. The monoisotopic (exact) mass is 249 g/mol. The largest absolute Gasteiger partial charge is 0.445 e. The topological polar surface area (TPSA) is 47.6 Å². The zero-order valence-electron chi connectivity index (χ0n) is 10.8. The molecule has 4 nitrogen and oxygen atoms in total. The number of rotatable bonds is 3. The molecule has 1 amide bonds. The molecular weight excluding hydrogens is 230 g/mol. The Kier molecular flexibility index (Phi) is 3.87. The fourth-order valence-corrected chi connectivity index (χ4v) is 2.06. The third-order valence-corrected chi connectivity index (χ3v) is 2.95. The molecule has 98 valence electrons. The van der Waals surface area contributed by atoms with E-state index >= 15 is 0 Å². The standard InChI is InChI=1S/C14H19NO3/c1-14(2)8-12(10-18-14)15-13(16)17-9-11-6-4-3-5-7-11/h3-7,12H,8-10H2,1-2H3,(H,15,16). The Balaban J connectivity index is 1.73. The molecule has 0 saturated carbocycles. The predicted molar refractivity (Wildman–Crippen MR) is 68.2 cm³/mol. The summed E-state index contributed by atoms with van der Waals surface area (Å²) in [6.07, 6.45) is 0.429. The molecule has 18 heavy (non-hydrogen) atoms. The summed E-state index contributed by atoms with van der Waals surface area (Å²) in [7, 11) is 0. The number of carbonyl (C=O) groups excluding carboxylic acids is 1. The second kappa shape index (κ2) is 5.40. The molecule has 1 fully saturated rings. The first-order valence-electron chi connectivity index (χ1n) is 6.16. The maximum absolute atomic E-state index is 11.6. The molecule has 1 aromatic rings. The number of carbonyl (C=O) groups is 1. The van der Waals surface area contributed by atoms with Crippen LogP contribution in [0.1, 0.15) is 25.8 Å². The Morgan fingerprint density at radius 3 is 2.78 bits per heavy atom. The van der Waals surface area contributed by atoms with Crippen LogP contribution < -0.4 is 5.32 Å². The SMILES string of the molecule is CC1(C)CC(NC(=O)OCc2ccccc2)CO1. The Morgan fingerprint density at radius 2 is 2.17 bits per heavy atom. The van der Waals surface area contributed by atoms with Crippen molar-refractivity contribution in [2.45, 2.75) is 38.5 Å². The molecule has 1 heterocycles. The first kappa shape index (κ1) is 12.9. The van der Waals surface area contributed by atoms with Crippen LogP contribution >= 0.6 is 0 Å². The summed E-state index contributed by atoms with van der Waals surface area (Å²) in [5.41, 5.74) is 0.827. The van der Waals surface area contributed by atoms with E-state index in [1.165, 1.54) is 0 Å². The van der Waals surface area contributed by atoms with Crippen molar-refractivity contribution in [1.82, 2.24) is 5.32 Å². The minimum atomic E-state index is -0.384. The molecule has 1 aromatic carbocycles. The molecule has 2 rings (SSSR count). The van der Waals surface area contributed by atoms with Crippen LogP contribution in [0, 0.1) is 0 Å². The second-order valence-electron chi connectivity index (χ2n) is 5.18. The smallest absolute Gasteiger partial charge is 0.407 e. The normalized spacial score (nSPS) is 21.6. The fourth-order valence-electron chi connectivity index (χ4n) is 2.06. The van der Waals surface area contributed by atoms with Crippen LogP contribution in [0.5, 0.6) is 0 Å². The third kappa shape index (κ3) is 3.74. The molecule has 1 atom stereocenters. The lowest BCUT2D eigenvalue weighted by Crippen LogP contribution is -2.36. The number of nitrogens with one attached hydrogen (secondary N) is 1. The Hall–Kier alpha value is -1.55. The van der Waals surface area contributed by atoms with Gasteiger partial charge in [0, 0.05) is 0 Å². The van der Waals surface area contributed by atoms with E-state index in [-0.39, 0.29) is 17.7 Å².